The zero-order valence-electron chi connectivity index (χ0n) is 18.9. The number of aliphatic hydroxyl groups excluding tert-OH is 1. The maximum atomic E-state index is 15.2. The largest absolute Gasteiger partial charge is 0.382 e. The Hall–Kier alpha value is -3.27. The molecule has 7 nitrogen and oxygen atoms in total. The molecule has 0 unspecified atom stereocenters. The second kappa shape index (κ2) is 8.34. The van der Waals surface area contributed by atoms with Gasteiger partial charge in [0.25, 0.3) is 5.91 Å². The predicted molar refractivity (Wildman–Crippen MR) is 118 cm³/mol. The molecule has 4 N–H and O–H groups in total. The van der Waals surface area contributed by atoms with E-state index in [1.807, 2.05) is 0 Å². The summed E-state index contributed by atoms with van der Waals surface area (Å²) >= 11 is 11.9. The van der Waals surface area contributed by atoms with Crippen molar-refractivity contribution in [1.82, 2.24) is 14.4 Å². The van der Waals surface area contributed by atoms with Crippen LogP contribution in [0.15, 0.2) is 42.6 Å². The minimum atomic E-state index is -2.77. The smallest absolute Gasteiger partial charge is 0.257 e. The number of carbonyl (C=O) groups is 1. The second-order valence-corrected chi connectivity index (χ2v) is 7.49. The molecule has 4 rings (SSSR count). The first kappa shape index (κ1) is 18.3. The summed E-state index contributed by atoms with van der Waals surface area (Å²) < 4.78 is 54.2. The summed E-state index contributed by atoms with van der Waals surface area (Å²) in [6, 6.07) is 7.94. The molecule has 0 bridgehead atoms. The summed E-state index contributed by atoms with van der Waals surface area (Å²) in [4.78, 5) is 20.2. The summed E-state index contributed by atoms with van der Waals surface area (Å²) in [5.74, 6) is -4.69. The van der Waals surface area contributed by atoms with E-state index in [4.69, 9.17) is 33.0 Å². The van der Waals surface area contributed by atoms with Gasteiger partial charge in [-0.25, -0.2) is 18.7 Å². The summed E-state index contributed by atoms with van der Waals surface area (Å²) in [5, 5.41) is 12.5. The monoisotopic (exact) mass is 480 g/mol. The highest BCUT2D eigenvalue weighted by Gasteiger charge is 2.24. The molecule has 11 heteroatoms. The number of imidazole rings is 1. The molecule has 0 aliphatic carbocycles. The molecule has 1 amide bonds. The molecule has 2 aromatic heterocycles. The van der Waals surface area contributed by atoms with Crippen molar-refractivity contribution in [3.8, 4) is 11.3 Å². The quantitative estimate of drug-likeness (QED) is 0.397. The summed E-state index contributed by atoms with van der Waals surface area (Å²) in [7, 11) is 0. The Bertz CT molecular complexity index is 1480. The Morgan fingerprint density at radius 3 is 2.78 bits per heavy atom. The predicted octanol–water partition coefficient (Wildman–Crippen LogP) is 4.54. The fraction of sp³-hybridized carbons (Fsp3) is 0.0952. The van der Waals surface area contributed by atoms with Gasteiger partial charge in [0.2, 0.25) is 0 Å². The molecule has 2 heterocycles. The zero-order valence-corrected chi connectivity index (χ0v) is 17.4. The lowest BCUT2D eigenvalue weighted by Crippen LogP contribution is -2.21. The fourth-order valence-corrected chi connectivity index (χ4v) is 3.56. The Morgan fingerprint density at radius 2 is 2.06 bits per heavy atom. The maximum Gasteiger partial charge on any atom is 0.257 e. The summed E-state index contributed by atoms with van der Waals surface area (Å²) in [6.45, 7) is -2.77. The zero-order chi connectivity index (χ0) is 25.7. The number of fused-ring (bicyclic) bond motifs is 1. The van der Waals surface area contributed by atoms with Crippen LogP contribution in [-0.4, -0.2) is 25.4 Å². The average molecular weight is 481 g/mol. The number of amides is 1. The number of rotatable bonds is 4. The maximum absolute atomic E-state index is 15.2. The SMILES string of the molecule is [2H]C([2H])([2H])c1nc(-c2ccc(NC(=O)[C@H](O)c3cccc(Cl)c3)c(F)c2F)c2c(N)ncc(Cl)n12. The number of aliphatic hydroxyl groups is 1. The van der Waals surface area contributed by atoms with Gasteiger partial charge in [-0.2, -0.15) is 0 Å². The lowest BCUT2D eigenvalue weighted by Gasteiger charge is -2.13. The Morgan fingerprint density at radius 1 is 1.28 bits per heavy atom. The van der Waals surface area contributed by atoms with Crippen LogP contribution in [0, 0.1) is 18.5 Å². The van der Waals surface area contributed by atoms with Gasteiger partial charge >= 0.3 is 0 Å². The Balaban J connectivity index is 1.76. The number of hydrogen-bond donors (Lipinski definition) is 3. The number of nitrogens with one attached hydrogen (secondary N) is 1. The van der Waals surface area contributed by atoms with Crippen molar-refractivity contribution in [2.45, 2.75) is 13.0 Å². The van der Waals surface area contributed by atoms with Crippen molar-refractivity contribution < 1.29 is 22.8 Å². The van der Waals surface area contributed by atoms with Gasteiger partial charge in [0.15, 0.2) is 17.7 Å². The third kappa shape index (κ3) is 3.75. The van der Waals surface area contributed by atoms with E-state index < -0.39 is 47.6 Å². The van der Waals surface area contributed by atoms with E-state index in [0.29, 0.717) is 0 Å². The van der Waals surface area contributed by atoms with Gasteiger partial charge in [-0.05, 0) is 36.7 Å². The number of nitrogens with zero attached hydrogens (tertiary/aromatic N) is 3. The highest BCUT2D eigenvalue weighted by molar-refractivity contribution is 6.30. The van der Waals surface area contributed by atoms with Crippen LogP contribution in [0.25, 0.3) is 16.8 Å². The topological polar surface area (TPSA) is 106 Å². The number of carbonyl (C=O) groups excluding carboxylic acids is 1. The first-order chi connectivity index (χ1) is 16.4. The van der Waals surface area contributed by atoms with E-state index >= 15 is 4.39 Å². The fourth-order valence-electron chi connectivity index (χ4n) is 3.15. The van der Waals surface area contributed by atoms with E-state index in [2.05, 4.69) is 15.3 Å². The van der Waals surface area contributed by atoms with Gasteiger partial charge in [-0.15, -0.1) is 0 Å². The van der Waals surface area contributed by atoms with Gasteiger partial charge in [-0.1, -0.05) is 35.3 Å². The third-order valence-corrected chi connectivity index (χ3v) is 5.15. The van der Waals surface area contributed by atoms with Gasteiger partial charge in [0, 0.05) is 14.7 Å². The lowest BCUT2D eigenvalue weighted by molar-refractivity contribution is -0.124. The van der Waals surface area contributed by atoms with Gasteiger partial charge in [-0.3, -0.25) is 9.20 Å². The molecular formula is C21H15Cl2F2N5O2. The van der Waals surface area contributed by atoms with Crippen LogP contribution in [0.3, 0.4) is 0 Å². The third-order valence-electron chi connectivity index (χ3n) is 4.65. The van der Waals surface area contributed by atoms with Crippen molar-refractivity contribution >= 4 is 46.1 Å². The number of aryl methyl sites for hydroxylation is 1. The van der Waals surface area contributed by atoms with Crippen LogP contribution in [0.4, 0.5) is 20.3 Å². The van der Waals surface area contributed by atoms with E-state index in [1.54, 1.807) is 0 Å². The molecule has 0 spiro atoms. The molecule has 0 saturated heterocycles. The number of nitrogen functional groups attached to an aromatic ring is 1. The number of nitrogens with two attached hydrogens (primary N) is 1. The highest BCUT2D eigenvalue weighted by atomic mass is 35.5. The van der Waals surface area contributed by atoms with Crippen LogP contribution in [0.5, 0.6) is 0 Å². The number of benzene rings is 2. The average Bonchev–Trinajstić information content (AvgIpc) is 3.21. The van der Waals surface area contributed by atoms with Gasteiger partial charge in [0.05, 0.1) is 11.9 Å². The van der Waals surface area contributed by atoms with E-state index in [1.165, 1.54) is 24.3 Å². The van der Waals surface area contributed by atoms with Gasteiger partial charge in [0.1, 0.15) is 28.0 Å². The summed E-state index contributed by atoms with van der Waals surface area (Å²) in [5.41, 5.74) is 4.57. The second-order valence-electron chi connectivity index (χ2n) is 6.67. The first-order valence-electron chi connectivity index (χ1n) is 10.5. The van der Waals surface area contributed by atoms with Crippen LogP contribution < -0.4 is 11.1 Å². The standard InChI is InChI=1S/C21H15Cl2F2N5O2/c1-9-28-17(18-20(26)27-8-14(23)30(9)18)12-5-6-13(16(25)15(12)24)29-21(32)19(31)10-3-2-4-11(22)7-10/h2-8,19,31H,1H3,(H2,26,27)(H,29,32)/t19-/m1/s1/i1D3. The summed E-state index contributed by atoms with van der Waals surface area (Å²) in [6.07, 6.45) is -0.603. The van der Waals surface area contributed by atoms with Gasteiger partial charge < -0.3 is 16.2 Å². The minimum Gasteiger partial charge on any atom is -0.382 e. The Labute approximate surface area is 194 Å². The van der Waals surface area contributed by atoms with E-state index in [-0.39, 0.29) is 32.8 Å². The molecule has 164 valence electrons. The van der Waals surface area contributed by atoms with Crippen LogP contribution in [-0.2, 0) is 4.79 Å². The normalized spacial score (nSPS) is 14.0. The van der Waals surface area contributed by atoms with Crippen LogP contribution in [0.2, 0.25) is 10.2 Å². The first-order valence-corrected chi connectivity index (χ1v) is 9.71. The number of hydrogen-bond acceptors (Lipinski definition) is 5. The molecule has 2 aromatic carbocycles. The number of halogens is 4. The minimum absolute atomic E-state index is 0.130. The number of aromatic nitrogens is 3. The Kier molecular flexibility index (Phi) is 4.78. The van der Waals surface area contributed by atoms with Crippen molar-refractivity contribution in [3.05, 3.63) is 75.8 Å². The molecule has 0 saturated carbocycles. The van der Waals surface area contributed by atoms with Crippen LogP contribution >= 0.6 is 23.2 Å². The lowest BCUT2D eigenvalue weighted by atomic mass is 10.1. The highest BCUT2D eigenvalue weighted by Crippen LogP contribution is 2.34. The van der Waals surface area contributed by atoms with E-state index in [9.17, 15) is 14.3 Å². The van der Waals surface area contributed by atoms with E-state index in [0.717, 1.165) is 22.7 Å². The van der Waals surface area contributed by atoms with Crippen molar-refractivity contribution in [1.29, 1.82) is 0 Å². The molecule has 0 aliphatic heterocycles. The van der Waals surface area contributed by atoms with Crippen molar-refractivity contribution in [3.63, 3.8) is 0 Å². The molecular weight excluding hydrogens is 463 g/mol. The molecule has 1 atom stereocenters. The molecule has 0 radical (unpaired) electrons. The molecule has 4 aromatic rings. The van der Waals surface area contributed by atoms with Crippen molar-refractivity contribution in [2.24, 2.45) is 0 Å². The van der Waals surface area contributed by atoms with Crippen LogP contribution in [0.1, 0.15) is 21.6 Å². The number of anilines is 2. The van der Waals surface area contributed by atoms with Crippen molar-refractivity contribution in [2.75, 3.05) is 11.1 Å². The molecule has 0 aliphatic rings. The molecule has 0 fully saturated rings. The molecule has 32 heavy (non-hydrogen) atoms.